The van der Waals surface area contributed by atoms with Crippen molar-refractivity contribution in [2.75, 3.05) is 5.01 Å². The first kappa shape index (κ1) is 10.6. The van der Waals surface area contributed by atoms with Gasteiger partial charge in [0.15, 0.2) is 0 Å². The standard InChI is InChI=1S/C11H13N3O2/c1-8-11(14(15)16)9(2)13(12-8)10-6-4-3-5-7-10/h3-7,9,11H,1-2H3/t9-,11+/m0/s1. The van der Waals surface area contributed by atoms with Crippen molar-refractivity contribution >= 4 is 11.4 Å². The molecule has 0 fully saturated rings. The van der Waals surface area contributed by atoms with Gasteiger partial charge in [-0.15, -0.1) is 0 Å². The maximum atomic E-state index is 10.9. The zero-order valence-electron chi connectivity index (χ0n) is 9.20. The number of hydrazone groups is 1. The Labute approximate surface area is 93.5 Å². The third-order valence-corrected chi connectivity index (χ3v) is 2.78. The largest absolute Gasteiger partial charge is 0.274 e. The van der Waals surface area contributed by atoms with E-state index >= 15 is 0 Å². The molecule has 1 aromatic rings. The lowest BCUT2D eigenvalue weighted by Gasteiger charge is -2.20. The van der Waals surface area contributed by atoms with Crippen LogP contribution in [-0.2, 0) is 0 Å². The van der Waals surface area contributed by atoms with Crippen molar-refractivity contribution in [1.82, 2.24) is 0 Å². The molecule has 5 heteroatoms. The van der Waals surface area contributed by atoms with E-state index in [9.17, 15) is 10.1 Å². The van der Waals surface area contributed by atoms with E-state index in [4.69, 9.17) is 0 Å². The van der Waals surface area contributed by atoms with Crippen molar-refractivity contribution in [3.63, 3.8) is 0 Å². The van der Waals surface area contributed by atoms with Crippen LogP contribution in [0.4, 0.5) is 5.69 Å². The highest BCUT2D eigenvalue weighted by molar-refractivity contribution is 5.90. The van der Waals surface area contributed by atoms with E-state index in [1.54, 1.807) is 11.9 Å². The molecule has 1 aromatic carbocycles. The fraction of sp³-hybridized carbons (Fsp3) is 0.364. The highest BCUT2D eigenvalue weighted by Crippen LogP contribution is 2.25. The van der Waals surface area contributed by atoms with Crippen molar-refractivity contribution in [2.24, 2.45) is 5.10 Å². The van der Waals surface area contributed by atoms with Crippen LogP contribution in [0.15, 0.2) is 35.4 Å². The highest BCUT2D eigenvalue weighted by atomic mass is 16.6. The van der Waals surface area contributed by atoms with Crippen LogP contribution in [-0.4, -0.2) is 22.7 Å². The Morgan fingerprint density at radius 3 is 2.50 bits per heavy atom. The van der Waals surface area contributed by atoms with Gasteiger partial charge in [0.25, 0.3) is 6.04 Å². The van der Waals surface area contributed by atoms with Crippen LogP contribution in [0, 0.1) is 10.1 Å². The molecule has 1 aliphatic heterocycles. The third kappa shape index (κ3) is 1.64. The van der Waals surface area contributed by atoms with E-state index in [0.717, 1.165) is 5.69 Å². The number of anilines is 1. The van der Waals surface area contributed by atoms with Crippen LogP contribution in [0.25, 0.3) is 0 Å². The van der Waals surface area contributed by atoms with Crippen LogP contribution in [0.3, 0.4) is 0 Å². The molecule has 0 N–H and O–H groups in total. The topological polar surface area (TPSA) is 58.7 Å². The Kier molecular flexibility index (Phi) is 2.60. The zero-order valence-corrected chi connectivity index (χ0v) is 9.20. The minimum absolute atomic E-state index is 0.239. The molecule has 1 heterocycles. The summed E-state index contributed by atoms with van der Waals surface area (Å²) in [6, 6.07) is 8.55. The SMILES string of the molecule is CC1=NN(c2ccccc2)[C@@H](C)[C@@H]1[N+](=O)[O-]. The molecule has 84 valence electrons. The molecular weight excluding hydrogens is 206 g/mol. The first-order valence-corrected chi connectivity index (χ1v) is 5.14. The monoisotopic (exact) mass is 219 g/mol. The number of benzene rings is 1. The average molecular weight is 219 g/mol. The van der Waals surface area contributed by atoms with Gasteiger partial charge in [-0.25, -0.2) is 0 Å². The van der Waals surface area contributed by atoms with E-state index in [2.05, 4.69) is 5.10 Å². The van der Waals surface area contributed by atoms with Crippen LogP contribution < -0.4 is 5.01 Å². The average Bonchev–Trinajstić information content (AvgIpc) is 2.55. The smallest absolute Gasteiger partial charge is 0.264 e. The van der Waals surface area contributed by atoms with Crippen LogP contribution in [0.5, 0.6) is 0 Å². The lowest BCUT2D eigenvalue weighted by molar-refractivity contribution is -0.503. The lowest BCUT2D eigenvalue weighted by atomic mass is 10.1. The quantitative estimate of drug-likeness (QED) is 0.564. The van der Waals surface area contributed by atoms with Crippen LogP contribution in [0.1, 0.15) is 13.8 Å². The van der Waals surface area contributed by atoms with Gasteiger partial charge in [0, 0.05) is 4.92 Å². The summed E-state index contributed by atoms with van der Waals surface area (Å²) >= 11 is 0. The number of para-hydroxylation sites is 1. The summed E-state index contributed by atoms with van der Waals surface area (Å²) in [6.07, 6.45) is 0. The molecule has 0 radical (unpaired) electrons. The van der Waals surface area contributed by atoms with E-state index in [-0.39, 0.29) is 11.0 Å². The van der Waals surface area contributed by atoms with Gasteiger partial charge in [-0.2, -0.15) is 5.10 Å². The molecule has 2 rings (SSSR count). The van der Waals surface area contributed by atoms with Gasteiger partial charge in [0.1, 0.15) is 11.8 Å². The molecule has 0 unspecified atom stereocenters. The van der Waals surface area contributed by atoms with Crippen molar-refractivity contribution in [1.29, 1.82) is 0 Å². The second-order valence-electron chi connectivity index (χ2n) is 3.89. The van der Waals surface area contributed by atoms with Gasteiger partial charge < -0.3 is 0 Å². The summed E-state index contributed by atoms with van der Waals surface area (Å²) in [6.45, 7) is 3.52. The Hall–Kier alpha value is -1.91. The molecule has 0 bridgehead atoms. The highest BCUT2D eigenvalue weighted by Gasteiger charge is 2.41. The molecule has 0 spiro atoms. The molecule has 2 atom stereocenters. The molecule has 0 saturated carbocycles. The molecular formula is C11H13N3O2. The minimum Gasteiger partial charge on any atom is -0.264 e. The fourth-order valence-electron chi connectivity index (χ4n) is 2.01. The second-order valence-corrected chi connectivity index (χ2v) is 3.89. The van der Waals surface area contributed by atoms with Crippen LogP contribution in [0.2, 0.25) is 0 Å². The number of hydrogen-bond donors (Lipinski definition) is 0. The molecule has 0 aliphatic carbocycles. The van der Waals surface area contributed by atoms with Gasteiger partial charge in [-0.05, 0) is 26.0 Å². The van der Waals surface area contributed by atoms with Crippen molar-refractivity contribution in [2.45, 2.75) is 25.9 Å². The Bertz CT molecular complexity index is 430. The van der Waals surface area contributed by atoms with Crippen molar-refractivity contribution in [3.05, 3.63) is 40.4 Å². The number of nitrogens with zero attached hydrogens (tertiary/aromatic N) is 3. The van der Waals surface area contributed by atoms with Gasteiger partial charge in [-0.1, -0.05) is 18.2 Å². The number of hydrogen-bond acceptors (Lipinski definition) is 4. The first-order valence-electron chi connectivity index (χ1n) is 5.14. The van der Waals surface area contributed by atoms with Gasteiger partial charge in [0.2, 0.25) is 0 Å². The summed E-state index contributed by atoms with van der Waals surface area (Å²) in [7, 11) is 0. The maximum Gasteiger partial charge on any atom is 0.274 e. The summed E-state index contributed by atoms with van der Waals surface area (Å²) in [5.41, 5.74) is 1.44. The molecule has 5 nitrogen and oxygen atoms in total. The predicted molar refractivity (Wildman–Crippen MR) is 62.3 cm³/mol. The Balaban J connectivity index is 2.31. The molecule has 0 amide bonds. The Morgan fingerprint density at radius 1 is 1.38 bits per heavy atom. The van der Waals surface area contributed by atoms with Gasteiger partial charge >= 0.3 is 0 Å². The van der Waals surface area contributed by atoms with E-state index in [0.29, 0.717) is 5.71 Å². The first-order chi connectivity index (χ1) is 7.61. The van der Waals surface area contributed by atoms with E-state index < -0.39 is 6.04 Å². The number of nitro groups is 1. The van der Waals surface area contributed by atoms with Crippen molar-refractivity contribution in [3.8, 4) is 0 Å². The third-order valence-electron chi connectivity index (χ3n) is 2.78. The Morgan fingerprint density at radius 2 is 2.00 bits per heavy atom. The van der Waals surface area contributed by atoms with Gasteiger partial charge in [0.05, 0.1) is 5.69 Å². The fourth-order valence-corrected chi connectivity index (χ4v) is 2.01. The molecule has 16 heavy (non-hydrogen) atoms. The maximum absolute atomic E-state index is 10.9. The summed E-state index contributed by atoms with van der Waals surface area (Å²) in [5, 5.41) is 16.9. The minimum atomic E-state index is -0.708. The molecule has 0 saturated heterocycles. The number of rotatable bonds is 2. The summed E-state index contributed by atoms with van der Waals surface area (Å²) in [5.74, 6) is 0. The van der Waals surface area contributed by atoms with Crippen LogP contribution >= 0.6 is 0 Å². The van der Waals surface area contributed by atoms with E-state index in [1.165, 1.54) is 0 Å². The normalized spacial score (nSPS) is 24.4. The molecule has 1 aliphatic rings. The van der Waals surface area contributed by atoms with Crippen molar-refractivity contribution < 1.29 is 4.92 Å². The second kappa shape index (κ2) is 3.92. The summed E-state index contributed by atoms with van der Waals surface area (Å²) in [4.78, 5) is 10.6. The summed E-state index contributed by atoms with van der Waals surface area (Å²) < 4.78 is 0. The van der Waals surface area contributed by atoms with E-state index in [1.807, 2.05) is 37.3 Å². The molecule has 0 aromatic heterocycles. The zero-order chi connectivity index (χ0) is 11.7. The van der Waals surface area contributed by atoms with Gasteiger partial charge in [-0.3, -0.25) is 15.1 Å². The predicted octanol–water partition coefficient (Wildman–Crippen LogP) is 1.92. The lowest BCUT2D eigenvalue weighted by Crippen LogP contribution is -2.39.